The highest BCUT2D eigenvalue weighted by atomic mass is 15.1. The quantitative estimate of drug-likeness (QED) is 0.163. The highest BCUT2D eigenvalue weighted by Crippen LogP contribution is 2.59. The van der Waals surface area contributed by atoms with Crippen molar-refractivity contribution in [3.63, 3.8) is 0 Å². The van der Waals surface area contributed by atoms with Gasteiger partial charge < -0.3 is 9.47 Å². The van der Waals surface area contributed by atoms with Crippen molar-refractivity contribution < 1.29 is 0 Å². The van der Waals surface area contributed by atoms with Gasteiger partial charge >= 0.3 is 0 Å². The lowest BCUT2D eigenvalue weighted by atomic mass is 9.66. The minimum Gasteiger partial charge on any atom is -0.310 e. The van der Waals surface area contributed by atoms with Crippen molar-refractivity contribution >= 4 is 71.2 Å². The molecule has 1 aromatic heterocycles. The number of hydrogen-bond donors (Lipinski definition) is 0. The Balaban J connectivity index is 1.12. The molecule has 13 rings (SSSR count). The van der Waals surface area contributed by atoms with E-state index in [1.807, 2.05) is 0 Å². The SMILES string of the molecule is c1ccc(N(c2ccc3c(c2)C(c2ccc4ccccc4c2)(c2cccc4ccccc24)c2cc4ccccc4cc2-3)c2ccc3c(c2)c2ccccc2n3-c2ccccc2)cc1. The van der Waals surface area contributed by atoms with Crippen LogP contribution in [-0.2, 0) is 5.41 Å². The summed E-state index contributed by atoms with van der Waals surface area (Å²) < 4.78 is 2.39. The summed E-state index contributed by atoms with van der Waals surface area (Å²) in [6.45, 7) is 0. The number of aromatic nitrogens is 1. The summed E-state index contributed by atoms with van der Waals surface area (Å²) in [6, 6.07) is 90.0. The summed E-state index contributed by atoms with van der Waals surface area (Å²) in [6.07, 6.45) is 0. The zero-order valence-corrected chi connectivity index (χ0v) is 34.5. The lowest BCUT2D eigenvalue weighted by Gasteiger charge is -2.36. The lowest BCUT2D eigenvalue weighted by molar-refractivity contribution is 0.779. The first-order valence-corrected chi connectivity index (χ1v) is 21.8. The second-order valence-corrected chi connectivity index (χ2v) is 16.9. The maximum Gasteiger partial charge on any atom is 0.0720 e. The highest BCUT2D eigenvalue weighted by Gasteiger charge is 2.47. The van der Waals surface area contributed by atoms with Crippen LogP contribution in [0, 0.1) is 0 Å². The zero-order valence-electron chi connectivity index (χ0n) is 34.5. The molecule has 0 N–H and O–H groups in total. The molecule has 1 heterocycles. The van der Waals surface area contributed by atoms with E-state index in [0.717, 1.165) is 22.7 Å². The van der Waals surface area contributed by atoms with E-state index in [9.17, 15) is 0 Å². The molecule has 0 amide bonds. The third-order valence-electron chi connectivity index (χ3n) is 13.6. The second-order valence-electron chi connectivity index (χ2n) is 16.9. The van der Waals surface area contributed by atoms with Gasteiger partial charge in [0.25, 0.3) is 0 Å². The van der Waals surface area contributed by atoms with Gasteiger partial charge in [-0.05, 0) is 145 Å². The zero-order chi connectivity index (χ0) is 41.5. The van der Waals surface area contributed by atoms with Crippen molar-refractivity contribution in [2.75, 3.05) is 4.90 Å². The molecule has 1 aliphatic carbocycles. The van der Waals surface area contributed by atoms with Crippen LogP contribution < -0.4 is 4.90 Å². The summed E-state index contributed by atoms with van der Waals surface area (Å²) in [7, 11) is 0. The average Bonchev–Trinajstić information content (AvgIpc) is 3.83. The molecule has 0 aliphatic heterocycles. The Hall–Kier alpha value is -8.20. The fourth-order valence-corrected chi connectivity index (χ4v) is 10.8. The molecule has 1 atom stereocenters. The van der Waals surface area contributed by atoms with E-state index < -0.39 is 5.41 Å². The number of rotatable bonds is 6. The molecule has 1 aliphatic rings. The molecule has 63 heavy (non-hydrogen) atoms. The van der Waals surface area contributed by atoms with E-state index in [0.29, 0.717) is 0 Å². The van der Waals surface area contributed by atoms with Gasteiger partial charge in [0.15, 0.2) is 0 Å². The van der Waals surface area contributed by atoms with Crippen LogP contribution in [0.1, 0.15) is 22.3 Å². The first-order valence-electron chi connectivity index (χ1n) is 21.8. The number of benzene rings is 11. The Kier molecular flexibility index (Phi) is 7.85. The maximum absolute atomic E-state index is 2.50. The van der Waals surface area contributed by atoms with Crippen molar-refractivity contribution in [2.45, 2.75) is 5.41 Å². The smallest absolute Gasteiger partial charge is 0.0720 e. The van der Waals surface area contributed by atoms with Crippen LogP contribution in [0.5, 0.6) is 0 Å². The van der Waals surface area contributed by atoms with Gasteiger partial charge in [0, 0.05) is 33.5 Å². The molecule has 294 valence electrons. The molecular formula is C61H40N2. The first kappa shape index (κ1) is 35.5. The molecule has 0 fully saturated rings. The van der Waals surface area contributed by atoms with Crippen molar-refractivity contribution in [3.05, 3.63) is 265 Å². The number of fused-ring (bicyclic) bond motifs is 9. The number of nitrogens with zero attached hydrogens (tertiary/aromatic N) is 2. The standard InChI is InChI=1S/C61H40N2/c1-3-22-47(23-4-1)62(49-33-35-60-55(39-49)53-27-13-14-29-59(53)63(60)48-24-5-2-6-25-48)50-32-34-52-54-37-44-19-9-10-20-45(44)38-57(54)61(58(52)40-50,46-31-30-41-16-7-8-18-43(41)36-46)56-28-15-21-42-17-11-12-26-51(42)56/h1-40H. The van der Waals surface area contributed by atoms with E-state index in [2.05, 4.69) is 252 Å². The lowest BCUT2D eigenvalue weighted by Crippen LogP contribution is -2.29. The minimum atomic E-state index is -0.648. The molecule has 11 aromatic carbocycles. The summed E-state index contributed by atoms with van der Waals surface area (Å²) in [4.78, 5) is 2.45. The van der Waals surface area contributed by atoms with Crippen LogP contribution in [0.15, 0.2) is 243 Å². The molecule has 0 spiro atoms. The Morgan fingerprint density at radius 3 is 1.70 bits per heavy atom. The van der Waals surface area contributed by atoms with E-state index in [4.69, 9.17) is 0 Å². The predicted octanol–water partition coefficient (Wildman–Crippen LogP) is 16.1. The third kappa shape index (κ3) is 5.32. The number of para-hydroxylation sites is 3. The van der Waals surface area contributed by atoms with Gasteiger partial charge in [-0.1, -0.05) is 164 Å². The van der Waals surface area contributed by atoms with Gasteiger partial charge in [-0.25, -0.2) is 0 Å². The fraction of sp³-hybridized carbons (Fsp3) is 0.0164. The van der Waals surface area contributed by atoms with Gasteiger partial charge in [-0.15, -0.1) is 0 Å². The predicted molar refractivity (Wildman–Crippen MR) is 265 cm³/mol. The van der Waals surface area contributed by atoms with Gasteiger partial charge in [0.2, 0.25) is 0 Å². The molecule has 1 unspecified atom stereocenters. The second kappa shape index (κ2) is 13.9. The van der Waals surface area contributed by atoms with E-state index in [-0.39, 0.29) is 0 Å². The third-order valence-corrected chi connectivity index (χ3v) is 13.6. The van der Waals surface area contributed by atoms with Crippen LogP contribution in [0.3, 0.4) is 0 Å². The minimum absolute atomic E-state index is 0.648. The fourth-order valence-electron chi connectivity index (χ4n) is 10.8. The topological polar surface area (TPSA) is 8.17 Å². The Morgan fingerprint density at radius 1 is 0.302 bits per heavy atom. The summed E-state index contributed by atoms with van der Waals surface area (Å²) in [5.74, 6) is 0. The Labute approximate surface area is 366 Å². The van der Waals surface area contributed by atoms with Crippen LogP contribution in [0.25, 0.3) is 70.9 Å². The van der Waals surface area contributed by atoms with Crippen LogP contribution in [-0.4, -0.2) is 4.57 Å². The Morgan fingerprint density at radius 2 is 0.889 bits per heavy atom. The van der Waals surface area contributed by atoms with Crippen LogP contribution in [0.2, 0.25) is 0 Å². The number of anilines is 3. The first-order chi connectivity index (χ1) is 31.2. The van der Waals surface area contributed by atoms with E-state index >= 15 is 0 Å². The van der Waals surface area contributed by atoms with Crippen molar-refractivity contribution in [1.82, 2.24) is 4.57 Å². The van der Waals surface area contributed by atoms with Crippen molar-refractivity contribution in [1.29, 1.82) is 0 Å². The largest absolute Gasteiger partial charge is 0.310 e. The molecule has 2 nitrogen and oxygen atoms in total. The van der Waals surface area contributed by atoms with Gasteiger partial charge in [-0.2, -0.15) is 0 Å². The maximum atomic E-state index is 2.50. The molecule has 0 radical (unpaired) electrons. The molecule has 0 saturated carbocycles. The summed E-state index contributed by atoms with van der Waals surface area (Å²) in [5, 5.41) is 9.88. The van der Waals surface area contributed by atoms with Crippen molar-refractivity contribution in [2.24, 2.45) is 0 Å². The molecule has 0 bridgehead atoms. The average molecular weight is 801 g/mol. The summed E-state index contributed by atoms with van der Waals surface area (Å²) >= 11 is 0. The van der Waals surface area contributed by atoms with E-state index in [1.54, 1.807) is 0 Å². The van der Waals surface area contributed by atoms with Gasteiger partial charge in [-0.3, -0.25) is 0 Å². The Bertz CT molecular complexity index is 3750. The molecular weight excluding hydrogens is 761 g/mol. The summed E-state index contributed by atoms with van der Waals surface area (Å²) in [5.41, 5.74) is 13.9. The normalized spacial score (nSPS) is 14.4. The molecule has 2 heteroatoms. The molecule has 0 saturated heterocycles. The monoisotopic (exact) mass is 800 g/mol. The van der Waals surface area contributed by atoms with Crippen LogP contribution >= 0.6 is 0 Å². The molecule has 12 aromatic rings. The van der Waals surface area contributed by atoms with Gasteiger partial charge in [0.1, 0.15) is 0 Å². The van der Waals surface area contributed by atoms with Crippen molar-refractivity contribution in [3.8, 4) is 16.8 Å². The van der Waals surface area contributed by atoms with Crippen LogP contribution in [0.4, 0.5) is 17.1 Å². The number of hydrogen-bond acceptors (Lipinski definition) is 1. The van der Waals surface area contributed by atoms with Gasteiger partial charge in [0.05, 0.1) is 16.4 Å². The highest BCUT2D eigenvalue weighted by molar-refractivity contribution is 6.11. The van der Waals surface area contributed by atoms with E-state index in [1.165, 1.54) is 87.5 Å².